The number of hydrogen-bond acceptors (Lipinski definition) is 4. The number of hydrogen-bond donors (Lipinski definition) is 3. The standard InChI is InChI=1S/C19H22N2O3S/c22-17-10-18(20-11-17)19(23)21-16-8-4-7-15(9-16)13-25(24)12-14-5-2-1-3-6-14/h1-9,17-18,20,22H,10-13H2,(H,21,23). The third-order valence-electron chi connectivity index (χ3n) is 4.12. The first kappa shape index (κ1) is 17.8. The van der Waals surface area contributed by atoms with Gasteiger partial charge >= 0.3 is 0 Å². The molecule has 5 nitrogen and oxygen atoms in total. The molecule has 2 aromatic carbocycles. The van der Waals surface area contributed by atoms with Crippen LogP contribution in [0.5, 0.6) is 0 Å². The maximum Gasteiger partial charge on any atom is 0.241 e. The summed E-state index contributed by atoms with van der Waals surface area (Å²) in [5.41, 5.74) is 2.66. The van der Waals surface area contributed by atoms with Gasteiger partial charge in [-0.25, -0.2) is 0 Å². The molecule has 0 radical (unpaired) electrons. The van der Waals surface area contributed by atoms with Gasteiger partial charge in [0.25, 0.3) is 0 Å². The molecular formula is C19H22N2O3S. The van der Waals surface area contributed by atoms with Crippen molar-refractivity contribution in [3.8, 4) is 0 Å². The van der Waals surface area contributed by atoms with Crippen molar-refractivity contribution < 1.29 is 14.1 Å². The molecule has 1 aliphatic heterocycles. The zero-order valence-electron chi connectivity index (χ0n) is 13.9. The van der Waals surface area contributed by atoms with Crippen molar-refractivity contribution in [2.24, 2.45) is 0 Å². The highest BCUT2D eigenvalue weighted by atomic mass is 32.2. The van der Waals surface area contributed by atoms with Crippen LogP contribution in [-0.4, -0.2) is 33.9 Å². The summed E-state index contributed by atoms with van der Waals surface area (Å²) in [6.45, 7) is 0.441. The van der Waals surface area contributed by atoms with E-state index < -0.39 is 16.9 Å². The van der Waals surface area contributed by atoms with Gasteiger partial charge in [0.15, 0.2) is 0 Å². The van der Waals surface area contributed by atoms with E-state index in [-0.39, 0.29) is 11.9 Å². The molecule has 3 unspecified atom stereocenters. The Hall–Kier alpha value is -2.02. The second-order valence-electron chi connectivity index (χ2n) is 6.25. The Bertz CT molecular complexity index is 751. The minimum Gasteiger partial charge on any atom is -0.392 e. The van der Waals surface area contributed by atoms with Crippen molar-refractivity contribution in [2.75, 3.05) is 11.9 Å². The van der Waals surface area contributed by atoms with Crippen LogP contribution in [-0.2, 0) is 27.1 Å². The molecule has 1 aliphatic rings. The number of β-amino-alcohol motifs (C(OH)–C–C–N with tert-alkyl or cyclic N) is 1. The molecule has 0 bridgehead atoms. The average molecular weight is 358 g/mol. The summed E-state index contributed by atoms with van der Waals surface area (Å²) in [6, 6.07) is 16.8. The van der Waals surface area contributed by atoms with Gasteiger partial charge in [-0.15, -0.1) is 0 Å². The maximum absolute atomic E-state index is 12.3. The van der Waals surface area contributed by atoms with Gasteiger partial charge < -0.3 is 15.7 Å². The third-order valence-corrected chi connectivity index (χ3v) is 5.43. The van der Waals surface area contributed by atoms with E-state index in [0.717, 1.165) is 11.1 Å². The normalized spacial score (nSPS) is 21.0. The molecule has 3 N–H and O–H groups in total. The molecule has 6 heteroatoms. The number of aliphatic hydroxyl groups excluding tert-OH is 1. The number of carbonyl (C=O) groups is 1. The fraction of sp³-hybridized carbons (Fsp3) is 0.316. The number of aliphatic hydroxyl groups is 1. The molecule has 3 atom stereocenters. The van der Waals surface area contributed by atoms with Crippen molar-refractivity contribution >= 4 is 22.4 Å². The second kappa shape index (κ2) is 8.38. The Morgan fingerprint density at radius 3 is 2.56 bits per heavy atom. The lowest BCUT2D eigenvalue weighted by Crippen LogP contribution is -2.35. The highest BCUT2D eigenvalue weighted by Gasteiger charge is 2.27. The van der Waals surface area contributed by atoms with Crippen molar-refractivity contribution in [3.63, 3.8) is 0 Å². The monoisotopic (exact) mass is 358 g/mol. The minimum absolute atomic E-state index is 0.154. The molecule has 1 heterocycles. The largest absolute Gasteiger partial charge is 0.392 e. The van der Waals surface area contributed by atoms with E-state index in [1.54, 1.807) is 0 Å². The van der Waals surface area contributed by atoms with E-state index in [0.29, 0.717) is 30.2 Å². The number of anilines is 1. The fourth-order valence-corrected chi connectivity index (χ4v) is 4.10. The zero-order chi connectivity index (χ0) is 17.6. The summed E-state index contributed by atoms with van der Waals surface area (Å²) in [6.07, 6.45) is -0.0467. The number of amides is 1. The topological polar surface area (TPSA) is 78.4 Å². The zero-order valence-corrected chi connectivity index (χ0v) is 14.7. The van der Waals surface area contributed by atoms with E-state index in [1.807, 2.05) is 54.6 Å². The lowest BCUT2D eigenvalue weighted by atomic mass is 10.1. The summed E-state index contributed by atoms with van der Waals surface area (Å²) < 4.78 is 12.3. The van der Waals surface area contributed by atoms with Crippen LogP contribution in [0, 0.1) is 0 Å². The Balaban J connectivity index is 1.57. The Morgan fingerprint density at radius 1 is 1.12 bits per heavy atom. The minimum atomic E-state index is -1.01. The first-order valence-electron chi connectivity index (χ1n) is 8.30. The van der Waals surface area contributed by atoms with Gasteiger partial charge in [-0.05, 0) is 29.7 Å². The number of carbonyl (C=O) groups excluding carboxylic acids is 1. The third kappa shape index (κ3) is 5.22. The number of nitrogens with one attached hydrogen (secondary N) is 2. The predicted molar refractivity (Wildman–Crippen MR) is 99.5 cm³/mol. The first-order chi connectivity index (χ1) is 12.1. The first-order valence-corrected chi connectivity index (χ1v) is 9.79. The second-order valence-corrected chi connectivity index (χ2v) is 7.71. The van der Waals surface area contributed by atoms with E-state index in [1.165, 1.54) is 0 Å². The molecular weight excluding hydrogens is 336 g/mol. The Labute approximate surface area is 149 Å². The quantitative estimate of drug-likeness (QED) is 0.736. The molecule has 0 spiro atoms. The van der Waals surface area contributed by atoms with Crippen molar-refractivity contribution in [1.29, 1.82) is 0 Å². The van der Waals surface area contributed by atoms with E-state index in [4.69, 9.17) is 0 Å². The number of benzene rings is 2. The highest BCUT2D eigenvalue weighted by molar-refractivity contribution is 7.83. The van der Waals surface area contributed by atoms with E-state index >= 15 is 0 Å². The number of rotatable bonds is 6. The van der Waals surface area contributed by atoms with Crippen LogP contribution in [0.1, 0.15) is 17.5 Å². The summed E-state index contributed by atoms with van der Waals surface area (Å²) in [4.78, 5) is 12.2. The van der Waals surface area contributed by atoms with Crippen LogP contribution in [0.4, 0.5) is 5.69 Å². The van der Waals surface area contributed by atoms with Crippen LogP contribution in [0.3, 0.4) is 0 Å². The molecule has 0 aromatic heterocycles. The molecule has 25 heavy (non-hydrogen) atoms. The van der Waals surface area contributed by atoms with Crippen LogP contribution >= 0.6 is 0 Å². The summed E-state index contributed by atoms with van der Waals surface area (Å²) in [7, 11) is -1.01. The van der Waals surface area contributed by atoms with Gasteiger partial charge in [0.2, 0.25) is 5.91 Å². The molecule has 1 fully saturated rings. The summed E-state index contributed by atoms with van der Waals surface area (Å²) >= 11 is 0. The van der Waals surface area contributed by atoms with E-state index in [9.17, 15) is 14.1 Å². The molecule has 0 aliphatic carbocycles. The van der Waals surface area contributed by atoms with Crippen molar-refractivity contribution in [3.05, 3.63) is 65.7 Å². The summed E-state index contributed by atoms with van der Waals surface area (Å²) in [5, 5.41) is 15.3. The lowest BCUT2D eigenvalue weighted by molar-refractivity contribution is -0.117. The molecule has 132 valence electrons. The molecule has 3 rings (SSSR count). The fourth-order valence-electron chi connectivity index (χ4n) is 2.88. The van der Waals surface area contributed by atoms with Crippen LogP contribution in [0.15, 0.2) is 54.6 Å². The molecule has 2 aromatic rings. The van der Waals surface area contributed by atoms with Gasteiger partial charge in [0, 0.05) is 34.5 Å². The molecule has 0 saturated carbocycles. The molecule has 1 saturated heterocycles. The van der Waals surface area contributed by atoms with Crippen LogP contribution in [0.2, 0.25) is 0 Å². The Kier molecular flexibility index (Phi) is 5.96. The van der Waals surface area contributed by atoms with Gasteiger partial charge in [-0.2, -0.15) is 0 Å². The van der Waals surface area contributed by atoms with Gasteiger partial charge in [0.1, 0.15) is 0 Å². The van der Waals surface area contributed by atoms with Gasteiger partial charge in [0.05, 0.1) is 12.1 Å². The maximum atomic E-state index is 12.3. The average Bonchev–Trinajstić information content (AvgIpc) is 3.02. The van der Waals surface area contributed by atoms with Crippen LogP contribution in [0.25, 0.3) is 0 Å². The SMILES string of the molecule is O=C(Nc1cccc(CS(=O)Cc2ccccc2)c1)C1CC(O)CN1. The summed E-state index contributed by atoms with van der Waals surface area (Å²) in [5.74, 6) is 0.805. The van der Waals surface area contributed by atoms with E-state index in [2.05, 4.69) is 10.6 Å². The van der Waals surface area contributed by atoms with Crippen molar-refractivity contribution in [1.82, 2.24) is 5.32 Å². The van der Waals surface area contributed by atoms with Crippen LogP contribution < -0.4 is 10.6 Å². The Morgan fingerprint density at radius 2 is 1.84 bits per heavy atom. The predicted octanol–water partition coefficient (Wildman–Crippen LogP) is 1.80. The highest BCUT2D eigenvalue weighted by Crippen LogP contribution is 2.16. The van der Waals surface area contributed by atoms with Gasteiger partial charge in [-0.1, -0.05) is 42.5 Å². The van der Waals surface area contributed by atoms with Gasteiger partial charge in [-0.3, -0.25) is 9.00 Å². The smallest absolute Gasteiger partial charge is 0.241 e. The van der Waals surface area contributed by atoms with Crippen molar-refractivity contribution in [2.45, 2.75) is 30.1 Å². The lowest BCUT2D eigenvalue weighted by Gasteiger charge is -2.12. The molecule has 1 amide bonds.